The molecule has 2 aromatic rings. The molecule has 2 heterocycles. The number of carbonyl (C=O) groups excluding carboxylic acids is 1. The fourth-order valence-corrected chi connectivity index (χ4v) is 3.48. The molecule has 0 spiro atoms. The maximum atomic E-state index is 14.1. The average Bonchev–Trinajstić information content (AvgIpc) is 2.91. The van der Waals surface area contributed by atoms with Crippen molar-refractivity contribution in [1.29, 1.82) is 0 Å². The minimum absolute atomic E-state index is 0.0382. The van der Waals surface area contributed by atoms with E-state index in [0.717, 1.165) is 29.5 Å². The quantitative estimate of drug-likeness (QED) is 0.338. The van der Waals surface area contributed by atoms with Gasteiger partial charge in [-0.25, -0.2) is 9.99 Å². The number of nitrogens with two attached hydrogens (primary N) is 1. The Morgan fingerprint density at radius 2 is 1.91 bits per heavy atom. The molecule has 1 aliphatic heterocycles. The highest BCUT2D eigenvalue weighted by molar-refractivity contribution is 6.18. The van der Waals surface area contributed by atoms with Crippen molar-refractivity contribution in [1.82, 2.24) is 9.99 Å². The molecule has 0 aliphatic carbocycles. The number of alkyl halides is 6. The number of nitrogens with zero attached hydrogens (tertiary/aromatic N) is 3. The summed E-state index contributed by atoms with van der Waals surface area (Å²) < 4.78 is 93.3. The third kappa shape index (κ3) is 6.67. The summed E-state index contributed by atoms with van der Waals surface area (Å²) in [7, 11) is 0. The van der Waals surface area contributed by atoms with Gasteiger partial charge in [0.15, 0.2) is 0 Å². The summed E-state index contributed by atoms with van der Waals surface area (Å²) in [5.74, 6) is -2.51. The highest BCUT2D eigenvalue weighted by Gasteiger charge is 2.34. The van der Waals surface area contributed by atoms with Crippen LogP contribution in [0.1, 0.15) is 35.6 Å². The Morgan fingerprint density at radius 1 is 1.20 bits per heavy atom. The van der Waals surface area contributed by atoms with Crippen LogP contribution < -0.4 is 5.73 Å². The summed E-state index contributed by atoms with van der Waals surface area (Å²) in [5.41, 5.74) is 2.88. The predicted molar refractivity (Wildman–Crippen MR) is 114 cm³/mol. The van der Waals surface area contributed by atoms with E-state index >= 15 is 0 Å². The highest BCUT2D eigenvalue weighted by atomic mass is 19.4. The highest BCUT2D eigenvalue weighted by Crippen LogP contribution is 2.34. The van der Waals surface area contributed by atoms with Gasteiger partial charge in [-0.3, -0.25) is 4.79 Å². The van der Waals surface area contributed by atoms with E-state index in [2.05, 4.69) is 10.1 Å². The second-order valence-electron chi connectivity index (χ2n) is 7.84. The first-order valence-corrected chi connectivity index (χ1v) is 10.2. The monoisotopic (exact) mass is 500 g/mol. The van der Waals surface area contributed by atoms with Crippen molar-refractivity contribution in [3.05, 3.63) is 83.2 Å². The van der Waals surface area contributed by atoms with Crippen molar-refractivity contribution >= 4 is 17.2 Å². The van der Waals surface area contributed by atoms with Crippen LogP contribution in [0.2, 0.25) is 0 Å². The Hall–Kier alpha value is -3.70. The van der Waals surface area contributed by atoms with Crippen molar-refractivity contribution in [2.45, 2.75) is 32.1 Å². The smallest absolute Gasteiger partial charge is 0.366 e. The average molecular weight is 500 g/mol. The summed E-state index contributed by atoms with van der Waals surface area (Å²) in [6.45, 7) is 1.63. The van der Waals surface area contributed by atoms with Crippen LogP contribution in [0.3, 0.4) is 0 Å². The Balaban J connectivity index is 2.14. The van der Waals surface area contributed by atoms with Gasteiger partial charge in [-0.05, 0) is 47.9 Å². The van der Waals surface area contributed by atoms with Gasteiger partial charge in [0, 0.05) is 30.1 Å². The summed E-state index contributed by atoms with van der Waals surface area (Å²) in [5, 5.41) is 5.30. The van der Waals surface area contributed by atoms with Gasteiger partial charge in [-0.15, -0.1) is 0 Å². The van der Waals surface area contributed by atoms with Crippen molar-refractivity contribution in [3.63, 3.8) is 0 Å². The van der Waals surface area contributed by atoms with Crippen LogP contribution in [0.4, 0.5) is 30.7 Å². The SMILES string of the molecule is CC1CC=CN(/C=C(\C(N)=O)c2cccnc2F)N=C1c1cc(CC(F)(F)F)cc(C(F)(F)F)c1. The lowest BCUT2D eigenvalue weighted by molar-refractivity contribution is -0.138. The lowest BCUT2D eigenvalue weighted by Crippen LogP contribution is -2.20. The first-order chi connectivity index (χ1) is 16.2. The number of carbonyl (C=O) groups is 1. The second kappa shape index (κ2) is 9.88. The number of hydrogen-bond acceptors (Lipinski definition) is 4. The number of benzene rings is 1. The van der Waals surface area contributed by atoms with E-state index in [4.69, 9.17) is 5.73 Å². The zero-order chi connectivity index (χ0) is 26.0. The number of halogens is 7. The summed E-state index contributed by atoms with van der Waals surface area (Å²) in [6.07, 6.45) is -5.68. The number of amides is 1. The number of primary amides is 1. The molecule has 2 N–H and O–H groups in total. The van der Waals surface area contributed by atoms with Crippen LogP contribution in [0.25, 0.3) is 5.57 Å². The summed E-state index contributed by atoms with van der Waals surface area (Å²) in [6, 6.07) is 4.80. The molecule has 186 valence electrons. The van der Waals surface area contributed by atoms with E-state index < -0.39 is 47.7 Å². The van der Waals surface area contributed by atoms with Crippen LogP contribution in [0.15, 0.2) is 60.1 Å². The van der Waals surface area contributed by atoms with Crippen molar-refractivity contribution in [2.75, 3.05) is 0 Å². The molecule has 0 fully saturated rings. The van der Waals surface area contributed by atoms with E-state index in [0.29, 0.717) is 6.07 Å². The number of allylic oxidation sites excluding steroid dienone is 1. The van der Waals surface area contributed by atoms with Crippen molar-refractivity contribution in [2.24, 2.45) is 16.8 Å². The maximum Gasteiger partial charge on any atom is 0.416 e. The molecule has 0 bridgehead atoms. The number of aromatic nitrogens is 1. The molecule has 1 unspecified atom stereocenters. The molecular weight excluding hydrogens is 481 g/mol. The van der Waals surface area contributed by atoms with Gasteiger partial charge in [0.25, 0.3) is 5.91 Å². The molecule has 1 aromatic heterocycles. The Kier molecular flexibility index (Phi) is 7.32. The van der Waals surface area contributed by atoms with Crippen LogP contribution in [0.5, 0.6) is 0 Å². The molecule has 0 radical (unpaired) electrons. The number of hydrogen-bond donors (Lipinski definition) is 1. The van der Waals surface area contributed by atoms with Gasteiger partial charge in [-0.2, -0.15) is 35.8 Å². The molecule has 1 aromatic carbocycles. The molecule has 1 amide bonds. The van der Waals surface area contributed by atoms with Crippen LogP contribution in [0, 0.1) is 11.9 Å². The number of pyridine rings is 1. The van der Waals surface area contributed by atoms with Gasteiger partial charge < -0.3 is 5.73 Å². The molecular formula is C23H19F7N4O. The first kappa shape index (κ1) is 25.9. The van der Waals surface area contributed by atoms with Crippen molar-refractivity contribution in [3.8, 4) is 0 Å². The van der Waals surface area contributed by atoms with Gasteiger partial charge in [-0.1, -0.05) is 13.0 Å². The molecule has 1 atom stereocenters. The zero-order valence-corrected chi connectivity index (χ0v) is 18.2. The lowest BCUT2D eigenvalue weighted by atomic mass is 9.92. The van der Waals surface area contributed by atoms with Crippen LogP contribution >= 0.6 is 0 Å². The van der Waals surface area contributed by atoms with E-state index in [1.165, 1.54) is 18.3 Å². The number of hydrazone groups is 1. The fourth-order valence-electron chi connectivity index (χ4n) is 3.48. The topological polar surface area (TPSA) is 71.6 Å². The van der Waals surface area contributed by atoms with E-state index in [1.807, 2.05) is 0 Å². The van der Waals surface area contributed by atoms with Crippen LogP contribution in [-0.4, -0.2) is 27.8 Å². The Morgan fingerprint density at radius 3 is 2.51 bits per heavy atom. The molecule has 5 nitrogen and oxygen atoms in total. The van der Waals surface area contributed by atoms with Gasteiger partial charge in [0.1, 0.15) is 0 Å². The summed E-state index contributed by atoms with van der Waals surface area (Å²) in [4.78, 5) is 15.4. The first-order valence-electron chi connectivity index (χ1n) is 10.2. The van der Waals surface area contributed by atoms with E-state index in [1.54, 1.807) is 13.0 Å². The second-order valence-corrected chi connectivity index (χ2v) is 7.84. The fraction of sp³-hybridized carbons (Fsp3) is 0.261. The normalized spacial score (nSPS) is 17.3. The molecule has 0 saturated heterocycles. The minimum Gasteiger partial charge on any atom is -0.366 e. The standard InChI is InChI=1S/C23H19F7N4O/c1-13-4-3-7-34(12-18(21(31)35)17-5-2-6-32-20(17)24)33-19(13)15-8-14(11-22(25,26)27)9-16(10-15)23(28,29)30/h2-3,5-10,12-13H,4,11H2,1H3,(H2,31,35)/b18-12-. The molecule has 0 saturated carbocycles. The minimum atomic E-state index is -4.89. The predicted octanol–water partition coefficient (Wildman–Crippen LogP) is 5.43. The number of rotatable bonds is 5. The Labute approximate surface area is 195 Å². The van der Waals surface area contributed by atoms with Gasteiger partial charge in [0.05, 0.1) is 23.3 Å². The van der Waals surface area contributed by atoms with Crippen molar-refractivity contribution < 1.29 is 35.5 Å². The maximum absolute atomic E-state index is 14.1. The van der Waals surface area contributed by atoms with Gasteiger partial charge in [0.2, 0.25) is 5.95 Å². The van der Waals surface area contributed by atoms with Gasteiger partial charge >= 0.3 is 12.4 Å². The largest absolute Gasteiger partial charge is 0.416 e. The van der Waals surface area contributed by atoms with E-state index in [9.17, 15) is 35.5 Å². The Bertz CT molecular complexity index is 1200. The zero-order valence-electron chi connectivity index (χ0n) is 18.2. The third-order valence-electron chi connectivity index (χ3n) is 5.03. The molecule has 35 heavy (non-hydrogen) atoms. The lowest BCUT2D eigenvalue weighted by Gasteiger charge is -2.18. The van der Waals surface area contributed by atoms with Crippen LogP contribution in [-0.2, 0) is 17.4 Å². The summed E-state index contributed by atoms with van der Waals surface area (Å²) >= 11 is 0. The molecule has 12 heteroatoms. The molecule has 3 rings (SSSR count). The molecule has 1 aliphatic rings. The van der Waals surface area contributed by atoms with E-state index in [-0.39, 0.29) is 28.8 Å². The third-order valence-corrected chi connectivity index (χ3v) is 5.03.